The Hall–Kier alpha value is -1.09. The SMILES string of the molecule is CSc1nc(N)n2nc(-c3cc(Cl)c(Br)c(Cl)c3)nc2n1. The van der Waals surface area contributed by atoms with Gasteiger partial charge in [-0.25, -0.2) is 0 Å². The molecule has 0 fully saturated rings. The second-order valence-corrected chi connectivity index (χ2v) is 6.35. The van der Waals surface area contributed by atoms with E-state index in [1.54, 1.807) is 12.1 Å². The third-order valence-corrected chi connectivity index (χ3v) is 5.09. The smallest absolute Gasteiger partial charge is 0.258 e. The fourth-order valence-electron chi connectivity index (χ4n) is 1.68. The van der Waals surface area contributed by atoms with Crippen LogP contribution in [0.15, 0.2) is 21.8 Å². The molecule has 3 rings (SSSR count). The Morgan fingerprint density at radius 3 is 2.48 bits per heavy atom. The minimum Gasteiger partial charge on any atom is -0.368 e. The first-order chi connectivity index (χ1) is 9.99. The molecule has 108 valence electrons. The van der Waals surface area contributed by atoms with Crippen molar-refractivity contribution in [2.45, 2.75) is 5.16 Å². The lowest BCUT2D eigenvalue weighted by Gasteiger charge is -2.01. The van der Waals surface area contributed by atoms with Gasteiger partial charge in [-0.2, -0.15) is 19.5 Å². The summed E-state index contributed by atoms with van der Waals surface area (Å²) >= 11 is 16.9. The summed E-state index contributed by atoms with van der Waals surface area (Å²) in [6.45, 7) is 0. The molecule has 2 heterocycles. The summed E-state index contributed by atoms with van der Waals surface area (Å²) in [5.41, 5.74) is 6.51. The average molecular weight is 406 g/mol. The van der Waals surface area contributed by atoms with Gasteiger partial charge in [0.25, 0.3) is 5.78 Å². The van der Waals surface area contributed by atoms with Gasteiger partial charge in [0, 0.05) is 5.56 Å². The number of aromatic nitrogens is 5. The summed E-state index contributed by atoms with van der Waals surface area (Å²) in [4.78, 5) is 12.7. The number of fused-ring (bicyclic) bond motifs is 1. The lowest BCUT2D eigenvalue weighted by molar-refractivity contribution is 0.851. The molecule has 0 aliphatic carbocycles. The molecule has 0 radical (unpaired) electrons. The number of nitrogens with two attached hydrogens (primary N) is 1. The molecule has 0 saturated heterocycles. The number of nitrogen functional groups attached to an aromatic ring is 1. The largest absolute Gasteiger partial charge is 0.368 e. The van der Waals surface area contributed by atoms with E-state index in [1.165, 1.54) is 16.3 Å². The van der Waals surface area contributed by atoms with Gasteiger partial charge in [-0.1, -0.05) is 35.0 Å². The van der Waals surface area contributed by atoms with E-state index in [0.29, 0.717) is 36.8 Å². The highest BCUT2D eigenvalue weighted by atomic mass is 79.9. The van der Waals surface area contributed by atoms with E-state index in [-0.39, 0.29) is 5.95 Å². The number of halogens is 3. The number of hydrogen-bond donors (Lipinski definition) is 1. The van der Waals surface area contributed by atoms with E-state index in [4.69, 9.17) is 28.9 Å². The molecule has 0 saturated carbocycles. The Labute approximate surface area is 142 Å². The van der Waals surface area contributed by atoms with Crippen molar-refractivity contribution in [3.05, 3.63) is 26.7 Å². The molecule has 0 atom stereocenters. The summed E-state index contributed by atoms with van der Waals surface area (Å²) in [5.74, 6) is 1.01. The van der Waals surface area contributed by atoms with Gasteiger partial charge >= 0.3 is 0 Å². The van der Waals surface area contributed by atoms with Crippen LogP contribution in [0.5, 0.6) is 0 Å². The van der Waals surface area contributed by atoms with Crippen LogP contribution in [0.2, 0.25) is 10.0 Å². The van der Waals surface area contributed by atoms with Crippen molar-refractivity contribution in [2.75, 3.05) is 12.0 Å². The molecule has 0 spiro atoms. The lowest BCUT2D eigenvalue weighted by atomic mass is 10.2. The highest BCUT2D eigenvalue weighted by molar-refractivity contribution is 9.10. The summed E-state index contributed by atoms with van der Waals surface area (Å²) in [7, 11) is 0. The molecule has 2 N–H and O–H groups in total. The van der Waals surface area contributed by atoms with Crippen molar-refractivity contribution in [1.29, 1.82) is 0 Å². The van der Waals surface area contributed by atoms with Crippen LogP contribution in [0.25, 0.3) is 17.2 Å². The first-order valence-electron chi connectivity index (χ1n) is 5.59. The van der Waals surface area contributed by atoms with Crippen LogP contribution in [-0.4, -0.2) is 30.8 Å². The first kappa shape index (κ1) is 14.8. The topological polar surface area (TPSA) is 82.0 Å². The van der Waals surface area contributed by atoms with Gasteiger partial charge in [0.1, 0.15) is 0 Å². The highest BCUT2D eigenvalue weighted by Crippen LogP contribution is 2.34. The Balaban J connectivity index is 2.19. The minimum atomic E-state index is 0.220. The van der Waals surface area contributed by atoms with Gasteiger partial charge in [-0.05, 0) is 34.3 Å². The maximum atomic E-state index is 6.10. The van der Waals surface area contributed by atoms with Gasteiger partial charge in [0.2, 0.25) is 5.95 Å². The number of rotatable bonds is 2. The predicted octanol–water partition coefficient (Wildman–Crippen LogP) is 3.56. The molecule has 6 nitrogen and oxygen atoms in total. The van der Waals surface area contributed by atoms with Crippen LogP contribution in [0.1, 0.15) is 0 Å². The van der Waals surface area contributed by atoms with E-state index in [2.05, 4.69) is 36.0 Å². The zero-order valence-corrected chi connectivity index (χ0v) is 14.4. The molecule has 0 unspecified atom stereocenters. The molecule has 1 aromatic carbocycles. The fourth-order valence-corrected chi connectivity index (χ4v) is 2.76. The molecule has 21 heavy (non-hydrogen) atoms. The number of benzene rings is 1. The van der Waals surface area contributed by atoms with E-state index in [9.17, 15) is 0 Å². The molecule has 2 aromatic heterocycles. The Morgan fingerprint density at radius 1 is 1.19 bits per heavy atom. The van der Waals surface area contributed by atoms with Crippen LogP contribution in [0, 0.1) is 0 Å². The van der Waals surface area contributed by atoms with E-state index in [1.807, 2.05) is 6.26 Å². The van der Waals surface area contributed by atoms with Gasteiger partial charge < -0.3 is 5.73 Å². The zero-order chi connectivity index (χ0) is 15.1. The molecule has 10 heteroatoms. The third kappa shape index (κ3) is 2.68. The van der Waals surface area contributed by atoms with Crippen LogP contribution in [0.3, 0.4) is 0 Å². The molecule has 3 aromatic rings. The fraction of sp³-hybridized carbons (Fsp3) is 0.0909. The number of thioether (sulfide) groups is 1. The van der Waals surface area contributed by atoms with E-state index >= 15 is 0 Å². The normalized spacial score (nSPS) is 11.2. The summed E-state index contributed by atoms with van der Waals surface area (Å²) < 4.78 is 2.00. The van der Waals surface area contributed by atoms with Crippen molar-refractivity contribution < 1.29 is 0 Å². The van der Waals surface area contributed by atoms with Crippen molar-refractivity contribution in [1.82, 2.24) is 24.6 Å². The number of hydrogen-bond acceptors (Lipinski definition) is 6. The first-order valence-corrected chi connectivity index (χ1v) is 8.36. The molecule has 0 bridgehead atoms. The molecule has 0 aliphatic heterocycles. The number of nitrogens with zero attached hydrogens (tertiary/aromatic N) is 5. The standard InChI is InChI=1S/C11H7BrCl2N6S/c1-21-11-17-9(15)20-10(18-11)16-8(19-20)4-2-5(13)7(12)6(14)3-4/h2-3H,1H3,(H2,15,16,17,18,19). The summed E-state index contributed by atoms with van der Waals surface area (Å²) in [5, 5.41) is 5.76. The maximum Gasteiger partial charge on any atom is 0.258 e. The summed E-state index contributed by atoms with van der Waals surface area (Å²) in [6, 6.07) is 3.43. The maximum absolute atomic E-state index is 6.10. The Bertz CT molecular complexity index is 829. The van der Waals surface area contributed by atoms with Crippen molar-refractivity contribution in [2.24, 2.45) is 0 Å². The zero-order valence-electron chi connectivity index (χ0n) is 10.5. The third-order valence-electron chi connectivity index (χ3n) is 2.64. The molecule has 0 amide bonds. The lowest BCUT2D eigenvalue weighted by Crippen LogP contribution is -2.04. The van der Waals surface area contributed by atoms with Crippen LogP contribution in [-0.2, 0) is 0 Å². The Morgan fingerprint density at radius 2 is 1.86 bits per heavy atom. The quantitative estimate of drug-likeness (QED) is 0.518. The van der Waals surface area contributed by atoms with E-state index < -0.39 is 0 Å². The second-order valence-electron chi connectivity index (χ2n) is 3.97. The van der Waals surface area contributed by atoms with Crippen molar-refractivity contribution in [3.8, 4) is 11.4 Å². The molecular weight excluding hydrogens is 399 g/mol. The van der Waals surface area contributed by atoms with E-state index in [0.717, 1.165) is 0 Å². The second kappa shape index (κ2) is 5.60. The van der Waals surface area contributed by atoms with Crippen molar-refractivity contribution in [3.63, 3.8) is 0 Å². The van der Waals surface area contributed by atoms with Gasteiger partial charge in [0.15, 0.2) is 11.0 Å². The van der Waals surface area contributed by atoms with Gasteiger partial charge in [0.05, 0.1) is 14.5 Å². The monoisotopic (exact) mass is 404 g/mol. The predicted molar refractivity (Wildman–Crippen MR) is 87.9 cm³/mol. The molecule has 0 aliphatic rings. The van der Waals surface area contributed by atoms with Crippen LogP contribution in [0.4, 0.5) is 5.95 Å². The summed E-state index contributed by atoms with van der Waals surface area (Å²) in [6.07, 6.45) is 1.86. The molecular formula is C11H7BrCl2N6S. The van der Waals surface area contributed by atoms with Crippen molar-refractivity contribution >= 4 is 62.6 Å². The minimum absolute atomic E-state index is 0.220. The average Bonchev–Trinajstić information content (AvgIpc) is 2.88. The van der Waals surface area contributed by atoms with Gasteiger partial charge in [-0.15, -0.1) is 5.10 Å². The number of anilines is 1. The Kier molecular flexibility index (Phi) is 3.96. The van der Waals surface area contributed by atoms with Crippen LogP contribution >= 0.6 is 50.9 Å². The highest BCUT2D eigenvalue weighted by Gasteiger charge is 2.14. The van der Waals surface area contributed by atoms with Crippen LogP contribution < -0.4 is 5.73 Å². The van der Waals surface area contributed by atoms with Gasteiger partial charge in [-0.3, -0.25) is 0 Å².